The Kier molecular flexibility index (Phi) is 4.39. The summed E-state index contributed by atoms with van der Waals surface area (Å²) in [7, 11) is 6.57. The van der Waals surface area contributed by atoms with Crippen molar-refractivity contribution in [3.8, 4) is 0 Å². The van der Waals surface area contributed by atoms with E-state index in [1.807, 2.05) is 27.7 Å². The summed E-state index contributed by atoms with van der Waals surface area (Å²) in [6, 6.07) is 0. The molecular formula is C6H14ClOPS. The van der Waals surface area contributed by atoms with E-state index in [0.717, 1.165) is 10.6 Å². The zero-order chi connectivity index (χ0) is 8.36. The number of hydrogen-bond acceptors (Lipinski definition) is 2. The molecule has 0 saturated carbocycles. The van der Waals surface area contributed by atoms with Crippen LogP contribution < -0.4 is 0 Å². The third-order valence-electron chi connectivity index (χ3n) is 1.55. The average molecular weight is 201 g/mol. The predicted molar refractivity (Wildman–Crippen MR) is 51.3 cm³/mol. The lowest BCUT2D eigenvalue weighted by atomic mass is 10.5. The molecule has 0 rings (SSSR count). The molecule has 0 aromatic carbocycles. The Morgan fingerprint density at radius 3 is 1.50 bits per heavy atom. The fraction of sp³-hybridized carbons (Fsp3) is 1.00. The van der Waals surface area contributed by atoms with E-state index < -0.39 is 6.34 Å². The fourth-order valence-corrected chi connectivity index (χ4v) is 6.09. The van der Waals surface area contributed by atoms with E-state index in [0.29, 0.717) is 0 Å². The zero-order valence-electron chi connectivity index (χ0n) is 6.80. The molecule has 0 heterocycles. The van der Waals surface area contributed by atoms with Crippen LogP contribution in [0, 0.1) is 0 Å². The van der Waals surface area contributed by atoms with E-state index in [9.17, 15) is 4.57 Å². The van der Waals surface area contributed by atoms with Gasteiger partial charge in [0.1, 0.15) is 0 Å². The van der Waals surface area contributed by atoms with Gasteiger partial charge in [-0.05, 0) is 10.7 Å². The molecule has 1 nitrogen and oxygen atoms in total. The van der Waals surface area contributed by atoms with Crippen molar-refractivity contribution < 1.29 is 4.57 Å². The molecule has 4 heteroatoms. The van der Waals surface area contributed by atoms with Crippen molar-refractivity contribution in [3.05, 3.63) is 0 Å². The Balaban J connectivity index is 4.40. The second kappa shape index (κ2) is 4.04. The number of rotatable bonds is 3. The number of halogens is 1. The molecule has 0 atom stereocenters. The van der Waals surface area contributed by atoms with Gasteiger partial charge in [0.05, 0.1) is 0 Å². The fourth-order valence-electron chi connectivity index (χ4n) is 0.756. The molecular weight excluding hydrogens is 187 g/mol. The maximum Gasteiger partial charge on any atom is 0.158 e. The summed E-state index contributed by atoms with van der Waals surface area (Å²) in [5, 5.41) is 0. The van der Waals surface area contributed by atoms with Gasteiger partial charge in [-0.2, -0.15) is 0 Å². The maximum atomic E-state index is 11.8. The molecule has 0 unspecified atom stereocenters. The zero-order valence-corrected chi connectivity index (χ0v) is 9.26. The summed E-state index contributed by atoms with van der Waals surface area (Å²) in [4.78, 5) is 0. The van der Waals surface area contributed by atoms with Gasteiger partial charge in [0.2, 0.25) is 0 Å². The van der Waals surface area contributed by atoms with E-state index in [1.165, 1.54) is 0 Å². The van der Waals surface area contributed by atoms with Crippen LogP contribution in [0.25, 0.3) is 0 Å². The van der Waals surface area contributed by atoms with Crippen molar-refractivity contribution in [2.45, 2.75) is 39.0 Å². The highest BCUT2D eigenvalue weighted by molar-refractivity contribution is 8.69. The van der Waals surface area contributed by atoms with Crippen molar-refractivity contribution in [2.24, 2.45) is 0 Å². The second-order valence-corrected chi connectivity index (χ2v) is 9.76. The summed E-state index contributed by atoms with van der Waals surface area (Å²) in [6.07, 6.45) is -2.16. The second-order valence-electron chi connectivity index (χ2n) is 2.90. The van der Waals surface area contributed by atoms with Crippen molar-refractivity contribution >= 4 is 27.6 Å². The van der Waals surface area contributed by atoms with Gasteiger partial charge in [-0.15, -0.1) is 0 Å². The Bertz CT molecular complexity index is 135. The molecule has 0 fully saturated rings. The highest BCUT2D eigenvalue weighted by Crippen LogP contribution is 2.67. The van der Waals surface area contributed by atoms with Crippen LogP contribution in [0.3, 0.4) is 0 Å². The maximum absolute atomic E-state index is 11.8. The molecule has 0 aliphatic heterocycles. The van der Waals surface area contributed by atoms with Crippen molar-refractivity contribution in [1.82, 2.24) is 0 Å². The van der Waals surface area contributed by atoms with Crippen molar-refractivity contribution in [3.63, 3.8) is 0 Å². The van der Waals surface area contributed by atoms with Crippen LogP contribution in [0.5, 0.6) is 0 Å². The quantitative estimate of drug-likeness (QED) is 0.642. The molecule has 0 N–H and O–H groups in total. The summed E-state index contributed by atoms with van der Waals surface area (Å²) in [5.41, 5.74) is 0.380. The largest absolute Gasteiger partial charge is 0.310 e. The molecule has 0 saturated heterocycles. The van der Waals surface area contributed by atoms with E-state index in [1.54, 1.807) is 0 Å². The molecule has 0 aliphatic carbocycles. The number of hydrogen-bond donors (Lipinski definition) is 0. The standard InChI is InChI=1S/C6H14ClOPS/c1-5(2)9(8,10-7)6(3)4/h5-6H,1-4H3. The van der Waals surface area contributed by atoms with Crippen LogP contribution in [0.4, 0.5) is 0 Å². The Labute approximate surface area is 71.5 Å². The molecule has 0 radical (unpaired) electrons. The first kappa shape index (κ1) is 10.9. The average Bonchev–Trinajstić information content (AvgIpc) is 1.85. The molecule has 62 valence electrons. The molecule has 0 aliphatic rings. The van der Waals surface area contributed by atoms with Gasteiger partial charge in [-0.25, -0.2) is 0 Å². The first-order valence-electron chi connectivity index (χ1n) is 3.35. The van der Waals surface area contributed by atoms with Crippen molar-refractivity contribution in [2.75, 3.05) is 0 Å². The van der Waals surface area contributed by atoms with Gasteiger partial charge in [-0.1, -0.05) is 27.7 Å². The summed E-state index contributed by atoms with van der Waals surface area (Å²) in [5.74, 6) is 0. The molecule has 0 aromatic heterocycles. The third kappa shape index (κ3) is 2.18. The lowest BCUT2D eigenvalue weighted by Crippen LogP contribution is -2.03. The van der Waals surface area contributed by atoms with Crippen LogP contribution in [0.15, 0.2) is 0 Å². The molecule has 0 spiro atoms. The Morgan fingerprint density at radius 1 is 1.20 bits per heavy atom. The highest BCUT2D eigenvalue weighted by atomic mass is 35.7. The Hall–Kier alpha value is 0.870. The van der Waals surface area contributed by atoms with E-state index in [2.05, 4.69) is 0 Å². The normalized spacial score (nSPS) is 13.1. The van der Waals surface area contributed by atoms with Gasteiger partial charge in [0, 0.05) is 21.9 Å². The van der Waals surface area contributed by atoms with Gasteiger partial charge < -0.3 is 4.57 Å². The van der Waals surface area contributed by atoms with Gasteiger partial charge >= 0.3 is 0 Å². The topological polar surface area (TPSA) is 17.1 Å². The molecule has 0 bridgehead atoms. The molecule has 0 amide bonds. The van der Waals surface area contributed by atoms with Crippen LogP contribution in [0.1, 0.15) is 27.7 Å². The monoisotopic (exact) mass is 200 g/mol. The summed E-state index contributed by atoms with van der Waals surface area (Å²) >= 11 is 0. The van der Waals surface area contributed by atoms with Gasteiger partial charge in [0.15, 0.2) is 6.34 Å². The first-order valence-corrected chi connectivity index (χ1v) is 7.44. The lowest BCUT2D eigenvalue weighted by molar-refractivity contribution is 0.573. The SMILES string of the molecule is CC(C)P(=O)(SCl)C(C)C. The van der Waals surface area contributed by atoms with Gasteiger partial charge in [-0.3, -0.25) is 0 Å². The van der Waals surface area contributed by atoms with E-state index >= 15 is 0 Å². The smallest absolute Gasteiger partial charge is 0.158 e. The molecule has 10 heavy (non-hydrogen) atoms. The predicted octanol–water partition coefficient (Wildman–Crippen LogP) is 3.97. The van der Waals surface area contributed by atoms with Crippen molar-refractivity contribution in [1.29, 1.82) is 0 Å². The van der Waals surface area contributed by atoms with E-state index in [-0.39, 0.29) is 11.3 Å². The third-order valence-corrected chi connectivity index (χ3v) is 9.76. The summed E-state index contributed by atoms with van der Waals surface area (Å²) in [6.45, 7) is 7.82. The first-order chi connectivity index (χ1) is 4.45. The lowest BCUT2D eigenvalue weighted by Gasteiger charge is -2.21. The highest BCUT2D eigenvalue weighted by Gasteiger charge is 2.30. The minimum atomic E-state index is -2.16. The van der Waals surface area contributed by atoms with Crippen LogP contribution in [0.2, 0.25) is 0 Å². The van der Waals surface area contributed by atoms with Gasteiger partial charge in [0.25, 0.3) is 0 Å². The van der Waals surface area contributed by atoms with Crippen LogP contribution in [-0.4, -0.2) is 11.3 Å². The minimum absolute atomic E-state index is 0.190. The van der Waals surface area contributed by atoms with E-state index in [4.69, 9.17) is 10.7 Å². The van der Waals surface area contributed by atoms with Crippen LogP contribution in [-0.2, 0) is 4.57 Å². The minimum Gasteiger partial charge on any atom is -0.310 e. The Morgan fingerprint density at radius 2 is 1.50 bits per heavy atom. The summed E-state index contributed by atoms with van der Waals surface area (Å²) < 4.78 is 11.8. The van der Waals surface area contributed by atoms with Crippen LogP contribution >= 0.6 is 27.6 Å². The molecule has 0 aromatic rings.